The van der Waals surface area contributed by atoms with E-state index in [4.69, 9.17) is 9.47 Å². The van der Waals surface area contributed by atoms with E-state index in [0.717, 1.165) is 64.2 Å². The lowest BCUT2D eigenvalue weighted by Crippen LogP contribution is -2.25. The SMILES string of the molecule is CCCCCCCCCCCCCCCCCCC(=O)OC[C@H](O)COC(=O)CCC/C=C\C/C=C\C/C=C\C/C=C\CCC[C@@H](C)O. The summed E-state index contributed by atoms with van der Waals surface area (Å²) >= 11 is 0. The van der Waals surface area contributed by atoms with Crippen LogP contribution in [0.25, 0.3) is 0 Å². The average Bonchev–Trinajstić information content (AvgIpc) is 3.07. The minimum atomic E-state index is -0.993. The van der Waals surface area contributed by atoms with Crippen molar-refractivity contribution in [2.45, 2.75) is 193 Å². The van der Waals surface area contributed by atoms with Crippen molar-refractivity contribution in [1.29, 1.82) is 0 Å². The highest BCUT2D eigenvalue weighted by atomic mass is 16.6. The molecule has 6 heteroatoms. The van der Waals surface area contributed by atoms with Crippen molar-refractivity contribution in [3.8, 4) is 0 Å². The maximum atomic E-state index is 12.0. The van der Waals surface area contributed by atoms with Gasteiger partial charge in [0.2, 0.25) is 0 Å². The molecule has 2 N–H and O–H groups in total. The summed E-state index contributed by atoms with van der Waals surface area (Å²) in [4.78, 5) is 23.9. The second kappa shape index (κ2) is 37.6. The molecule has 0 amide bonds. The van der Waals surface area contributed by atoms with Gasteiger partial charge in [0.1, 0.15) is 19.3 Å². The third-order valence-electron chi connectivity index (χ3n) is 8.34. The van der Waals surface area contributed by atoms with Gasteiger partial charge in [-0.2, -0.15) is 0 Å². The molecule has 0 aromatic heterocycles. The molecule has 0 saturated heterocycles. The number of hydrogen-bond donors (Lipinski definition) is 2. The Morgan fingerprint density at radius 2 is 0.854 bits per heavy atom. The molecule has 0 heterocycles. The summed E-state index contributed by atoms with van der Waals surface area (Å²) < 4.78 is 10.3. The van der Waals surface area contributed by atoms with Gasteiger partial charge in [0.05, 0.1) is 6.10 Å². The van der Waals surface area contributed by atoms with E-state index in [1.807, 2.05) is 6.92 Å². The van der Waals surface area contributed by atoms with Gasteiger partial charge in [0.25, 0.3) is 0 Å². The van der Waals surface area contributed by atoms with Gasteiger partial charge in [-0.05, 0) is 64.7 Å². The maximum absolute atomic E-state index is 12.0. The third kappa shape index (κ3) is 38.3. The number of hydrogen-bond acceptors (Lipinski definition) is 6. The lowest BCUT2D eigenvalue weighted by Gasteiger charge is -2.12. The Kier molecular flexibility index (Phi) is 35.9. The Morgan fingerprint density at radius 1 is 0.500 bits per heavy atom. The van der Waals surface area contributed by atoms with Crippen molar-refractivity contribution in [2.24, 2.45) is 0 Å². The van der Waals surface area contributed by atoms with E-state index < -0.39 is 6.10 Å². The van der Waals surface area contributed by atoms with Crippen LogP contribution >= 0.6 is 0 Å². The van der Waals surface area contributed by atoms with Gasteiger partial charge in [-0.25, -0.2) is 0 Å². The van der Waals surface area contributed by atoms with Crippen molar-refractivity contribution in [2.75, 3.05) is 13.2 Å². The molecule has 0 unspecified atom stereocenters. The number of unbranched alkanes of at least 4 members (excludes halogenated alkanes) is 17. The summed E-state index contributed by atoms with van der Waals surface area (Å²) in [5, 5.41) is 19.2. The van der Waals surface area contributed by atoms with Crippen LogP contribution < -0.4 is 0 Å². The maximum Gasteiger partial charge on any atom is 0.305 e. The highest BCUT2D eigenvalue weighted by molar-refractivity contribution is 5.69. The molecule has 0 aromatic carbocycles. The normalized spacial score (nSPS) is 13.3. The van der Waals surface area contributed by atoms with Crippen LogP contribution in [0.4, 0.5) is 0 Å². The fourth-order valence-corrected chi connectivity index (χ4v) is 5.33. The minimum absolute atomic E-state index is 0.139. The van der Waals surface area contributed by atoms with Crippen LogP contribution in [-0.4, -0.2) is 47.6 Å². The standard InChI is InChI=1S/C42H74O6/c1-3-4-5-6-7-8-9-10-11-14-17-20-23-26-29-32-35-41(45)47-37-40(44)38-48-42(46)36-33-30-27-24-21-18-15-12-13-16-19-22-25-28-31-34-39(2)43/h13,15-16,18,22,24-25,27,39-40,43-44H,3-12,14,17,19-21,23,26,28-38H2,1-2H3/b16-13-,18-15-,25-22-,27-24-/t39-,40+/m1/s1. The smallest absolute Gasteiger partial charge is 0.305 e. The van der Waals surface area contributed by atoms with E-state index in [1.54, 1.807) is 0 Å². The van der Waals surface area contributed by atoms with Gasteiger partial charge in [-0.3, -0.25) is 9.59 Å². The molecule has 6 nitrogen and oxygen atoms in total. The number of rotatable bonds is 35. The number of aliphatic hydroxyl groups is 2. The molecule has 278 valence electrons. The molecular formula is C42H74O6. The van der Waals surface area contributed by atoms with Crippen molar-refractivity contribution < 1.29 is 29.3 Å². The summed E-state index contributed by atoms with van der Waals surface area (Å²) in [6.07, 6.45) is 44.4. The van der Waals surface area contributed by atoms with Gasteiger partial charge in [-0.15, -0.1) is 0 Å². The molecular weight excluding hydrogens is 600 g/mol. The first-order valence-electron chi connectivity index (χ1n) is 19.7. The number of ether oxygens (including phenoxy) is 2. The molecule has 0 fully saturated rings. The highest BCUT2D eigenvalue weighted by Crippen LogP contribution is 2.14. The van der Waals surface area contributed by atoms with Crippen molar-refractivity contribution in [1.82, 2.24) is 0 Å². The van der Waals surface area contributed by atoms with Crippen LogP contribution in [0.5, 0.6) is 0 Å². The third-order valence-corrected chi connectivity index (χ3v) is 8.34. The zero-order chi connectivity index (χ0) is 35.2. The first kappa shape index (κ1) is 45.8. The van der Waals surface area contributed by atoms with E-state index in [0.29, 0.717) is 19.3 Å². The van der Waals surface area contributed by atoms with Crippen molar-refractivity contribution in [3.05, 3.63) is 48.6 Å². The Hall–Kier alpha value is -2.18. The largest absolute Gasteiger partial charge is 0.463 e. The Bertz CT molecular complexity index is 828. The van der Waals surface area contributed by atoms with E-state index >= 15 is 0 Å². The summed E-state index contributed by atoms with van der Waals surface area (Å²) in [5.41, 5.74) is 0. The number of esters is 2. The number of allylic oxidation sites excluding steroid dienone is 8. The summed E-state index contributed by atoms with van der Waals surface area (Å²) in [6.45, 7) is 3.81. The minimum Gasteiger partial charge on any atom is -0.463 e. The molecule has 2 atom stereocenters. The Morgan fingerprint density at radius 3 is 1.27 bits per heavy atom. The fourth-order valence-electron chi connectivity index (χ4n) is 5.33. The van der Waals surface area contributed by atoms with Gasteiger partial charge in [0, 0.05) is 12.8 Å². The molecule has 0 aliphatic rings. The van der Waals surface area contributed by atoms with Crippen LogP contribution in [0.1, 0.15) is 181 Å². The zero-order valence-electron chi connectivity index (χ0n) is 31.1. The van der Waals surface area contributed by atoms with Gasteiger partial charge in [0.15, 0.2) is 0 Å². The lowest BCUT2D eigenvalue weighted by atomic mass is 10.0. The molecule has 0 aliphatic heterocycles. The van der Waals surface area contributed by atoms with E-state index in [9.17, 15) is 19.8 Å². The molecule has 0 saturated carbocycles. The molecule has 0 bridgehead atoms. The molecule has 0 rings (SSSR count). The van der Waals surface area contributed by atoms with E-state index in [2.05, 4.69) is 55.5 Å². The molecule has 48 heavy (non-hydrogen) atoms. The fraction of sp³-hybridized carbons (Fsp3) is 0.762. The molecule has 0 spiro atoms. The van der Waals surface area contributed by atoms with Crippen LogP contribution in [0.15, 0.2) is 48.6 Å². The van der Waals surface area contributed by atoms with Crippen molar-refractivity contribution >= 4 is 11.9 Å². The second-order valence-corrected chi connectivity index (χ2v) is 13.3. The number of carbonyl (C=O) groups is 2. The second-order valence-electron chi connectivity index (χ2n) is 13.3. The quantitative estimate of drug-likeness (QED) is 0.0395. The van der Waals surface area contributed by atoms with Gasteiger partial charge < -0.3 is 19.7 Å². The summed E-state index contributed by atoms with van der Waals surface area (Å²) in [7, 11) is 0. The zero-order valence-corrected chi connectivity index (χ0v) is 31.1. The monoisotopic (exact) mass is 675 g/mol. The highest BCUT2D eigenvalue weighted by Gasteiger charge is 2.12. The summed E-state index contributed by atoms with van der Waals surface area (Å²) in [6, 6.07) is 0. The first-order chi connectivity index (χ1) is 23.5. The lowest BCUT2D eigenvalue weighted by molar-refractivity contribution is -0.152. The van der Waals surface area contributed by atoms with Gasteiger partial charge >= 0.3 is 11.9 Å². The number of carbonyl (C=O) groups excluding carboxylic acids is 2. The Balaban J connectivity index is 3.53. The topological polar surface area (TPSA) is 93.1 Å². The van der Waals surface area contributed by atoms with E-state index in [1.165, 1.54) is 83.5 Å². The first-order valence-corrected chi connectivity index (χ1v) is 19.7. The summed E-state index contributed by atoms with van der Waals surface area (Å²) in [5.74, 6) is -0.642. The molecule has 0 aromatic rings. The number of aliphatic hydroxyl groups excluding tert-OH is 2. The van der Waals surface area contributed by atoms with Crippen LogP contribution in [-0.2, 0) is 19.1 Å². The average molecular weight is 675 g/mol. The van der Waals surface area contributed by atoms with Crippen molar-refractivity contribution in [3.63, 3.8) is 0 Å². The van der Waals surface area contributed by atoms with Crippen LogP contribution in [0, 0.1) is 0 Å². The van der Waals surface area contributed by atoms with Crippen LogP contribution in [0.3, 0.4) is 0 Å². The van der Waals surface area contributed by atoms with Gasteiger partial charge in [-0.1, -0.05) is 152 Å². The Labute approximate surface area is 295 Å². The predicted octanol–water partition coefficient (Wildman–Crippen LogP) is 11.2. The van der Waals surface area contributed by atoms with E-state index in [-0.39, 0.29) is 31.3 Å². The molecule has 0 aliphatic carbocycles. The predicted molar refractivity (Wildman–Crippen MR) is 202 cm³/mol. The van der Waals surface area contributed by atoms with Crippen LogP contribution in [0.2, 0.25) is 0 Å². The molecule has 0 radical (unpaired) electrons.